The van der Waals surface area contributed by atoms with Gasteiger partial charge < -0.3 is 0 Å². The first-order chi connectivity index (χ1) is 9.54. The number of hydrogen-bond donors (Lipinski definition) is 0. The van der Waals surface area contributed by atoms with Crippen LogP contribution in [0.25, 0.3) is 10.2 Å². The van der Waals surface area contributed by atoms with Gasteiger partial charge in [-0.2, -0.15) is 4.98 Å². The fourth-order valence-electron chi connectivity index (χ4n) is 2.04. The summed E-state index contributed by atoms with van der Waals surface area (Å²) in [6, 6.07) is 3.74. The summed E-state index contributed by atoms with van der Waals surface area (Å²) in [5, 5.41) is 3.17. The van der Waals surface area contributed by atoms with Crippen LogP contribution in [-0.4, -0.2) is 19.5 Å². The molecule has 0 saturated carbocycles. The van der Waals surface area contributed by atoms with E-state index in [-0.39, 0.29) is 12.2 Å². The summed E-state index contributed by atoms with van der Waals surface area (Å²) in [7, 11) is 0. The summed E-state index contributed by atoms with van der Waals surface area (Å²) in [5.74, 6) is 0.515. The van der Waals surface area contributed by atoms with E-state index in [0.29, 0.717) is 16.7 Å². The van der Waals surface area contributed by atoms with E-state index in [0.717, 1.165) is 15.9 Å². The Kier molecular flexibility index (Phi) is 3.27. The van der Waals surface area contributed by atoms with E-state index in [4.69, 9.17) is 11.6 Å². The minimum Gasteiger partial charge on any atom is -0.289 e. The monoisotopic (exact) mass is 306 g/mol. The summed E-state index contributed by atoms with van der Waals surface area (Å²) < 4.78 is 1.54. The van der Waals surface area contributed by atoms with Crippen molar-refractivity contribution in [1.82, 2.24) is 19.5 Å². The molecule has 0 spiro atoms. The highest BCUT2D eigenvalue weighted by Gasteiger charge is 2.10. The van der Waals surface area contributed by atoms with Crippen LogP contribution in [0.4, 0.5) is 0 Å². The fourth-order valence-corrected chi connectivity index (χ4v) is 3.13. The Hall–Kier alpha value is -1.79. The normalized spacial score (nSPS) is 11.2. The Bertz CT molecular complexity index is 855. The third-order valence-electron chi connectivity index (χ3n) is 2.97. The van der Waals surface area contributed by atoms with Gasteiger partial charge in [-0.25, -0.2) is 14.8 Å². The lowest BCUT2D eigenvalue weighted by atomic mass is 10.3. The van der Waals surface area contributed by atoms with E-state index in [1.54, 1.807) is 6.92 Å². The molecule has 0 radical (unpaired) electrons. The van der Waals surface area contributed by atoms with Gasteiger partial charge in [-0.3, -0.25) is 4.57 Å². The van der Waals surface area contributed by atoms with E-state index in [9.17, 15) is 4.79 Å². The van der Waals surface area contributed by atoms with Crippen molar-refractivity contribution in [1.29, 1.82) is 0 Å². The molecule has 0 N–H and O–H groups in total. The number of hydrogen-bond acceptors (Lipinski definition) is 5. The van der Waals surface area contributed by atoms with Crippen LogP contribution in [0.15, 0.2) is 22.3 Å². The van der Waals surface area contributed by atoms with Crippen LogP contribution in [0.3, 0.4) is 0 Å². The van der Waals surface area contributed by atoms with Crippen molar-refractivity contribution in [2.75, 3.05) is 0 Å². The largest absolute Gasteiger partial charge is 0.348 e. The van der Waals surface area contributed by atoms with Crippen molar-refractivity contribution in [2.24, 2.45) is 0 Å². The molecular weight excluding hydrogens is 296 g/mol. The zero-order valence-corrected chi connectivity index (χ0v) is 12.5. The summed E-state index contributed by atoms with van der Waals surface area (Å²) in [6.07, 6.45) is 0. The van der Waals surface area contributed by atoms with Crippen molar-refractivity contribution < 1.29 is 0 Å². The molecule has 5 nitrogen and oxygen atoms in total. The molecule has 0 aliphatic heterocycles. The van der Waals surface area contributed by atoms with Gasteiger partial charge in [0.25, 0.3) is 0 Å². The van der Waals surface area contributed by atoms with Crippen LogP contribution in [0, 0.1) is 13.8 Å². The predicted molar refractivity (Wildman–Crippen MR) is 79.5 cm³/mol. The maximum Gasteiger partial charge on any atom is 0.348 e. The zero-order chi connectivity index (χ0) is 14.3. The Labute approximate surface area is 123 Å². The average Bonchev–Trinajstić information content (AvgIpc) is 2.82. The number of aryl methyl sites for hydroxylation is 2. The SMILES string of the molecule is Cc1cc(C)n(Cc2nc(Cl)c3ccsc3n2)c(=O)n1. The summed E-state index contributed by atoms with van der Waals surface area (Å²) in [6.45, 7) is 3.93. The lowest BCUT2D eigenvalue weighted by Crippen LogP contribution is -2.26. The third-order valence-corrected chi connectivity index (χ3v) is 4.07. The maximum atomic E-state index is 11.9. The Balaban J connectivity index is 2.07. The molecule has 3 aromatic rings. The van der Waals surface area contributed by atoms with Gasteiger partial charge in [0.05, 0.1) is 6.54 Å². The van der Waals surface area contributed by atoms with Crippen LogP contribution >= 0.6 is 22.9 Å². The van der Waals surface area contributed by atoms with Crippen LogP contribution in [-0.2, 0) is 6.54 Å². The third kappa shape index (κ3) is 2.32. The number of rotatable bonds is 2. The maximum absolute atomic E-state index is 11.9. The molecule has 7 heteroatoms. The lowest BCUT2D eigenvalue weighted by molar-refractivity contribution is 0.667. The van der Waals surface area contributed by atoms with Crippen LogP contribution < -0.4 is 5.69 Å². The fraction of sp³-hybridized carbons (Fsp3) is 0.231. The van der Waals surface area contributed by atoms with Crippen LogP contribution in [0.5, 0.6) is 0 Å². The number of fused-ring (bicyclic) bond motifs is 1. The van der Waals surface area contributed by atoms with Gasteiger partial charge in [0.15, 0.2) is 5.82 Å². The summed E-state index contributed by atoms with van der Waals surface area (Å²) >= 11 is 7.63. The van der Waals surface area contributed by atoms with E-state index in [1.807, 2.05) is 24.4 Å². The molecule has 3 rings (SSSR count). The van der Waals surface area contributed by atoms with Gasteiger partial charge in [-0.1, -0.05) is 11.6 Å². The smallest absolute Gasteiger partial charge is 0.289 e. The topological polar surface area (TPSA) is 60.7 Å². The minimum absolute atomic E-state index is 0.269. The summed E-state index contributed by atoms with van der Waals surface area (Å²) in [4.78, 5) is 25.4. The molecule has 0 aliphatic carbocycles. The molecule has 0 bridgehead atoms. The van der Waals surface area contributed by atoms with Gasteiger partial charge in [0.2, 0.25) is 0 Å². The van der Waals surface area contributed by atoms with Crippen molar-refractivity contribution in [3.05, 3.63) is 50.4 Å². The molecule has 0 atom stereocenters. The second-order valence-electron chi connectivity index (χ2n) is 4.48. The predicted octanol–water partition coefficient (Wildman–Crippen LogP) is 2.57. The van der Waals surface area contributed by atoms with Gasteiger partial charge in [0.1, 0.15) is 9.98 Å². The van der Waals surface area contributed by atoms with Crippen molar-refractivity contribution in [2.45, 2.75) is 20.4 Å². The van der Waals surface area contributed by atoms with E-state index < -0.39 is 0 Å². The van der Waals surface area contributed by atoms with Crippen LogP contribution in [0.2, 0.25) is 5.15 Å². The minimum atomic E-state index is -0.298. The highest BCUT2D eigenvalue weighted by atomic mass is 35.5. The van der Waals surface area contributed by atoms with E-state index in [2.05, 4.69) is 15.0 Å². The van der Waals surface area contributed by atoms with Crippen molar-refractivity contribution in [3.63, 3.8) is 0 Å². The molecule has 3 heterocycles. The second-order valence-corrected chi connectivity index (χ2v) is 5.73. The summed E-state index contributed by atoms with van der Waals surface area (Å²) in [5.41, 5.74) is 1.23. The second kappa shape index (κ2) is 4.96. The average molecular weight is 307 g/mol. The van der Waals surface area contributed by atoms with Gasteiger partial charge >= 0.3 is 5.69 Å². The first-order valence-electron chi connectivity index (χ1n) is 5.99. The molecule has 20 heavy (non-hydrogen) atoms. The van der Waals surface area contributed by atoms with Crippen molar-refractivity contribution >= 4 is 33.2 Å². The van der Waals surface area contributed by atoms with E-state index in [1.165, 1.54) is 15.9 Å². The molecule has 102 valence electrons. The number of halogens is 1. The van der Waals surface area contributed by atoms with Gasteiger partial charge in [-0.05, 0) is 31.4 Å². The van der Waals surface area contributed by atoms with Gasteiger partial charge in [0, 0.05) is 16.8 Å². The highest BCUT2D eigenvalue weighted by Crippen LogP contribution is 2.24. The molecular formula is C13H11ClN4OS. The standard InChI is InChI=1S/C13H11ClN4OS/c1-7-5-8(2)18(13(19)15-7)6-10-16-11(14)9-3-4-20-12(9)17-10/h3-5H,6H2,1-2H3. The molecule has 0 unspecified atom stereocenters. The molecule has 0 fully saturated rings. The molecule has 0 amide bonds. The first-order valence-corrected chi connectivity index (χ1v) is 7.25. The van der Waals surface area contributed by atoms with Crippen LogP contribution in [0.1, 0.15) is 17.2 Å². The number of nitrogens with zero attached hydrogens (tertiary/aromatic N) is 4. The molecule has 0 saturated heterocycles. The van der Waals surface area contributed by atoms with Gasteiger partial charge in [-0.15, -0.1) is 11.3 Å². The number of thiophene rings is 1. The molecule has 0 aromatic carbocycles. The zero-order valence-electron chi connectivity index (χ0n) is 10.9. The Morgan fingerprint density at radius 2 is 2.10 bits per heavy atom. The quantitative estimate of drug-likeness (QED) is 0.683. The molecule has 3 aromatic heterocycles. The highest BCUT2D eigenvalue weighted by molar-refractivity contribution is 7.16. The molecule has 0 aliphatic rings. The Morgan fingerprint density at radius 3 is 2.85 bits per heavy atom. The van der Waals surface area contributed by atoms with Crippen molar-refractivity contribution in [3.8, 4) is 0 Å². The number of aromatic nitrogens is 4. The Morgan fingerprint density at radius 1 is 1.30 bits per heavy atom. The first kappa shape index (κ1) is 13.2. The lowest BCUT2D eigenvalue weighted by Gasteiger charge is -2.09. The van der Waals surface area contributed by atoms with E-state index >= 15 is 0 Å².